The summed E-state index contributed by atoms with van der Waals surface area (Å²) < 4.78 is 5.48. The molecule has 5 N–H and O–H groups in total. The monoisotopic (exact) mass is 510 g/mol. The Labute approximate surface area is 220 Å². The van der Waals surface area contributed by atoms with Crippen molar-refractivity contribution in [1.82, 2.24) is 15.2 Å². The van der Waals surface area contributed by atoms with Gasteiger partial charge < -0.3 is 30.7 Å². The van der Waals surface area contributed by atoms with Crippen LogP contribution in [0.25, 0.3) is 0 Å². The first-order valence-electron chi connectivity index (χ1n) is 13.2. The molecule has 2 heterocycles. The Balaban J connectivity index is 1.52. The van der Waals surface area contributed by atoms with E-state index in [1.165, 1.54) is 5.56 Å². The summed E-state index contributed by atoms with van der Waals surface area (Å²) in [4.78, 5) is 19.1. The van der Waals surface area contributed by atoms with Crippen LogP contribution in [0.4, 0.5) is 11.5 Å². The lowest BCUT2D eigenvalue weighted by Crippen LogP contribution is -2.44. The van der Waals surface area contributed by atoms with Crippen LogP contribution in [0.15, 0.2) is 36.4 Å². The van der Waals surface area contributed by atoms with E-state index in [1.54, 1.807) is 20.2 Å². The summed E-state index contributed by atoms with van der Waals surface area (Å²) in [6, 6.07) is 10.9. The van der Waals surface area contributed by atoms with Crippen LogP contribution in [0, 0.1) is 5.41 Å². The van der Waals surface area contributed by atoms with Crippen molar-refractivity contribution in [1.29, 1.82) is 5.41 Å². The molecule has 1 aliphatic rings. The Bertz CT molecular complexity index is 1030. The zero-order chi connectivity index (χ0) is 26.6. The van der Waals surface area contributed by atoms with Gasteiger partial charge in [0.2, 0.25) is 0 Å². The van der Waals surface area contributed by atoms with Gasteiger partial charge in [-0.05, 0) is 75.8 Å². The molecule has 0 unspecified atom stereocenters. The van der Waals surface area contributed by atoms with Gasteiger partial charge >= 0.3 is 5.97 Å². The quantitative estimate of drug-likeness (QED) is 0.140. The number of fused-ring (bicyclic) bond motifs is 1. The smallest absolute Gasteiger partial charge is 0.326 e. The van der Waals surface area contributed by atoms with E-state index in [-0.39, 0.29) is 11.9 Å². The van der Waals surface area contributed by atoms with E-state index in [2.05, 4.69) is 33.0 Å². The summed E-state index contributed by atoms with van der Waals surface area (Å²) in [5, 5.41) is 27.6. The lowest BCUT2D eigenvalue weighted by Gasteiger charge is -2.27. The van der Waals surface area contributed by atoms with Gasteiger partial charge in [0.05, 0.1) is 6.10 Å². The predicted molar refractivity (Wildman–Crippen MR) is 149 cm³/mol. The Morgan fingerprint density at radius 1 is 1.24 bits per heavy atom. The summed E-state index contributed by atoms with van der Waals surface area (Å²) in [7, 11) is 3.48. The molecule has 0 fully saturated rings. The van der Waals surface area contributed by atoms with Crippen molar-refractivity contribution >= 4 is 23.3 Å². The number of amidine groups is 1. The van der Waals surface area contributed by atoms with Crippen LogP contribution in [0.5, 0.6) is 0 Å². The molecule has 202 valence electrons. The Morgan fingerprint density at radius 3 is 2.81 bits per heavy atom. The molecular formula is C28H42N6O3. The second-order valence-electron chi connectivity index (χ2n) is 9.64. The van der Waals surface area contributed by atoms with Crippen molar-refractivity contribution in [3.05, 3.63) is 53.2 Å². The number of ether oxygens (including phenoxy) is 1. The molecule has 1 aliphatic heterocycles. The third kappa shape index (κ3) is 8.72. The van der Waals surface area contributed by atoms with Crippen LogP contribution in [0.2, 0.25) is 0 Å². The van der Waals surface area contributed by atoms with Gasteiger partial charge in [-0.15, -0.1) is 0 Å². The topological polar surface area (TPSA) is 123 Å². The molecule has 0 aliphatic carbocycles. The number of hydrogen-bond acceptors (Lipinski definition) is 7. The Hall–Kier alpha value is -3.17. The van der Waals surface area contributed by atoms with Crippen molar-refractivity contribution in [3.8, 4) is 0 Å². The number of unbranched alkanes of at least 4 members (excludes halogenated alkanes) is 1. The predicted octanol–water partition coefficient (Wildman–Crippen LogP) is 3.60. The number of hydrogen-bond donors (Lipinski definition) is 5. The number of aromatic nitrogens is 1. The molecule has 2 atom stereocenters. The van der Waals surface area contributed by atoms with Gasteiger partial charge in [0.15, 0.2) is 0 Å². The van der Waals surface area contributed by atoms with Crippen molar-refractivity contribution < 1.29 is 14.6 Å². The third-order valence-corrected chi connectivity index (χ3v) is 6.84. The number of anilines is 2. The molecule has 0 radical (unpaired) electrons. The zero-order valence-electron chi connectivity index (χ0n) is 22.3. The third-order valence-electron chi connectivity index (χ3n) is 6.84. The van der Waals surface area contributed by atoms with E-state index in [1.807, 2.05) is 25.1 Å². The minimum Gasteiger partial charge on any atom is -0.480 e. The van der Waals surface area contributed by atoms with Gasteiger partial charge in [-0.3, -0.25) is 5.41 Å². The summed E-state index contributed by atoms with van der Waals surface area (Å²) in [6.07, 6.45) is 5.60. The summed E-state index contributed by atoms with van der Waals surface area (Å²) in [6.45, 7) is 5.19. The normalized spacial score (nSPS) is 14.4. The highest BCUT2D eigenvalue weighted by Crippen LogP contribution is 2.20. The van der Waals surface area contributed by atoms with E-state index >= 15 is 0 Å². The fraction of sp³-hybridized carbons (Fsp3) is 0.536. The summed E-state index contributed by atoms with van der Waals surface area (Å²) in [5.41, 5.74) is 3.84. The first-order chi connectivity index (χ1) is 17.9. The van der Waals surface area contributed by atoms with Gasteiger partial charge in [-0.2, -0.15) is 0 Å². The Kier molecular flexibility index (Phi) is 11.2. The van der Waals surface area contributed by atoms with Crippen molar-refractivity contribution in [2.75, 3.05) is 51.0 Å². The van der Waals surface area contributed by atoms with Gasteiger partial charge in [-0.25, -0.2) is 9.78 Å². The van der Waals surface area contributed by atoms with Crippen molar-refractivity contribution in [2.24, 2.45) is 0 Å². The minimum atomic E-state index is -0.960. The van der Waals surface area contributed by atoms with Crippen molar-refractivity contribution in [3.63, 3.8) is 0 Å². The zero-order valence-corrected chi connectivity index (χ0v) is 22.3. The van der Waals surface area contributed by atoms with Crippen LogP contribution < -0.4 is 16.0 Å². The minimum absolute atomic E-state index is 0.0467. The number of pyridine rings is 1. The highest BCUT2D eigenvalue weighted by atomic mass is 16.5. The highest BCUT2D eigenvalue weighted by molar-refractivity contribution is 6.02. The fourth-order valence-corrected chi connectivity index (χ4v) is 4.62. The first kappa shape index (κ1) is 28.4. The molecule has 0 saturated heterocycles. The number of methoxy groups -OCH3 is 1. The number of carboxylic acids is 1. The van der Waals surface area contributed by atoms with Gasteiger partial charge in [-0.1, -0.05) is 18.2 Å². The fourth-order valence-electron chi connectivity index (χ4n) is 4.62. The molecule has 37 heavy (non-hydrogen) atoms. The molecule has 3 rings (SSSR count). The number of aryl methyl sites for hydroxylation is 2. The van der Waals surface area contributed by atoms with Crippen LogP contribution in [0.1, 0.15) is 49.4 Å². The molecular weight excluding hydrogens is 468 g/mol. The maximum absolute atomic E-state index is 12.0. The number of nitrogens with one attached hydrogen (secondary N) is 4. The second kappa shape index (κ2) is 14.5. The van der Waals surface area contributed by atoms with Crippen LogP contribution in [-0.2, 0) is 22.4 Å². The van der Waals surface area contributed by atoms with Crippen LogP contribution in [-0.4, -0.2) is 79.3 Å². The van der Waals surface area contributed by atoms with Gasteiger partial charge in [0, 0.05) is 50.7 Å². The van der Waals surface area contributed by atoms with Crippen LogP contribution >= 0.6 is 0 Å². The number of benzene rings is 1. The average molecular weight is 511 g/mol. The van der Waals surface area contributed by atoms with E-state index < -0.39 is 12.0 Å². The summed E-state index contributed by atoms with van der Waals surface area (Å²) in [5.74, 6) is 0.175. The molecule has 9 nitrogen and oxygen atoms in total. The Morgan fingerprint density at radius 2 is 2.05 bits per heavy atom. The lowest BCUT2D eigenvalue weighted by atomic mass is 10.1. The van der Waals surface area contributed by atoms with E-state index in [4.69, 9.17) is 15.1 Å². The standard InChI is InChI=1S/C28H42N6O3/c1-20(37-3)19-34(17-7-6-10-22-14-13-21-9-8-16-31-27(21)32-22)18-15-25(28(35)36)33-26(29)23-11-4-5-12-24(23)30-2/h4-5,11-14,20,25,30H,6-10,15-19H2,1-3H3,(H2,29,33)(H,31,32)(H,35,36)/t20-,25+/m1/s1. The molecule has 1 aromatic heterocycles. The lowest BCUT2D eigenvalue weighted by molar-refractivity contribution is -0.139. The van der Waals surface area contributed by atoms with Crippen LogP contribution in [0.3, 0.4) is 0 Å². The largest absolute Gasteiger partial charge is 0.480 e. The first-order valence-corrected chi connectivity index (χ1v) is 13.2. The van der Waals surface area contributed by atoms with E-state index in [0.717, 1.165) is 68.9 Å². The number of aliphatic carboxylic acids is 1. The average Bonchev–Trinajstić information content (AvgIpc) is 2.92. The number of nitrogens with zero attached hydrogens (tertiary/aromatic N) is 2. The molecule has 1 aromatic carbocycles. The maximum Gasteiger partial charge on any atom is 0.326 e. The van der Waals surface area contributed by atoms with E-state index in [9.17, 15) is 9.90 Å². The number of para-hydroxylation sites is 1. The number of rotatable bonds is 15. The number of carboxylic acid groups (broad SMARTS) is 1. The summed E-state index contributed by atoms with van der Waals surface area (Å²) >= 11 is 0. The number of carbonyl (C=O) groups is 1. The second-order valence-corrected chi connectivity index (χ2v) is 9.64. The molecule has 0 bridgehead atoms. The highest BCUT2D eigenvalue weighted by Gasteiger charge is 2.22. The maximum atomic E-state index is 12.0. The van der Waals surface area contributed by atoms with Gasteiger partial charge in [0.25, 0.3) is 0 Å². The molecule has 0 spiro atoms. The van der Waals surface area contributed by atoms with E-state index in [0.29, 0.717) is 18.5 Å². The molecule has 2 aromatic rings. The molecule has 0 amide bonds. The SMILES string of the molecule is CNc1ccccc1C(=N)N[C@@H](CCN(CCCCc1ccc2c(n1)NCCC2)C[C@@H](C)OC)C(=O)O. The molecule has 0 saturated carbocycles. The molecule has 9 heteroatoms. The van der Waals surface area contributed by atoms with Crippen molar-refractivity contribution in [2.45, 2.75) is 57.6 Å². The van der Waals surface area contributed by atoms with Gasteiger partial charge in [0.1, 0.15) is 17.7 Å².